The number of sulfonamides is 1. The van der Waals surface area contributed by atoms with Crippen LogP contribution >= 0.6 is 31.9 Å². The molecule has 3 N–H and O–H groups in total. The zero-order valence-electron chi connectivity index (χ0n) is 11.4. The second-order valence-electron chi connectivity index (χ2n) is 4.71. The first-order chi connectivity index (χ1) is 9.70. The molecule has 0 amide bonds. The van der Waals surface area contributed by atoms with Crippen LogP contribution in [0.2, 0.25) is 0 Å². The number of benzene rings is 2. The van der Waals surface area contributed by atoms with Crippen LogP contribution in [0, 0.1) is 13.8 Å². The van der Waals surface area contributed by atoms with E-state index in [9.17, 15) is 8.42 Å². The molecule has 0 aliphatic carbocycles. The Balaban J connectivity index is 2.42. The second kappa shape index (κ2) is 5.98. The smallest absolute Gasteiger partial charge is 0.263 e. The van der Waals surface area contributed by atoms with Crippen molar-refractivity contribution in [2.45, 2.75) is 18.7 Å². The SMILES string of the molecule is Cc1cc(NS(=O)(=O)c2ccc(Br)cc2N)cc(C)c1Br. The molecular formula is C14H14Br2N2O2S. The van der Waals surface area contributed by atoms with Gasteiger partial charge in [-0.3, -0.25) is 4.72 Å². The topological polar surface area (TPSA) is 72.2 Å². The molecule has 0 saturated heterocycles. The van der Waals surface area contributed by atoms with Gasteiger partial charge in [-0.15, -0.1) is 0 Å². The highest BCUT2D eigenvalue weighted by Gasteiger charge is 2.18. The maximum absolute atomic E-state index is 12.4. The molecule has 2 aromatic rings. The molecule has 0 aliphatic heterocycles. The van der Waals surface area contributed by atoms with Gasteiger partial charge in [-0.1, -0.05) is 31.9 Å². The van der Waals surface area contributed by atoms with Crippen molar-refractivity contribution in [1.29, 1.82) is 0 Å². The van der Waals surface area contributed by atoms with Gasteiger partial charge in [0.1, 0.15) is 4.90 Å². The van der Waals surface area contributed by atoms with Crippen LogP contribution < -0.4 is 10.5 Å². The van der Waals surface area contributed by atoms with Crippen LogP contribution in [0.1, 0.15) is 11.1 Å². The zero-order valence-corrected chi connectivity index (χ0v) is 15.4. The van der Waals surface area contributed by atoms with Crippen molar-refractivity contribution in [3.63, 3.8) is 0 Å². The summed E-state index contributed by atoms with van der Waals surface area (Å²) in [4.78, 5) is 0.0592. The van der Waals surface area contributed by atoms with Crippen LogP contribution in [0.4, 0.5) is 11.4 Å². The highest BCUT2D eigenvalue weighted by molar-refractivity contribution is 9.10. The fraction of sp³-hybridized carbons (Fsp3) is 0.143. The summed E-state index contributed by atoms with van der Waals surface area (Å²) in [6.07, 6.45) is 0. The van der Waals surface area contributed by atoms with E-state index in [0.717, 1.165) is 20.1 Å². The summed E-state index contributed by atoms with van der Waals surface area (Å²) in [5, 5.41) is 0. The van der Waals surface area contributed by atoms with Crippen molar-refractivity contribution in [3.8, 4) is 0 Å². The maximum Gasteiger partial charge on any atom is 0.263 e. The van der Waals surface area contributed by atoms with Gasteiger partial charge in [0.05, 0.1) is 5.69 Å². The number of rotatable bonds is 3. The van der Waals surface area contributed by atoms with Gasteiger partial charge in [0.25, 0.3) is 10.0 Å². The second-order valence-corrected chi connectivity index (χ2v) is 8.07. The van der Waals surface area contributed by atoms with E-state index in [1.807, 2.05) is 13.8 Å². The van der Waals surface area contributed by atoms with E-state index in [1.54, 1.807) is 24.3 Å². The van der Waals surface area contributed by atoms with Crippen LogP contribution in [0.15, 0.2) is 44.2 Å². The predicted octanol–water partition coefficient (Wildman–Crippen LogP) is 4.21. The van der Waals surface area contributed by atoms with E-state index in [0.29, 0.717) is 5.69 Å². The molecule has 0 fully saturated rings. The molecule has 4 nitrogen and oxygen atoms in total. The van der Waals surface area contributed by atoms with E-state index in [1.165, 1.54) is 6.07 Å². The summed E-state index contributed by atoms with van der Waals surface area (Å²) >= 11 is 6.71. The van der Waals surface area contributed by atoms with Crippen molar-refractivity contribution < 1.29 is 8.42 Å². The van der Waals surface area contributed by atoms with Gasteiger partial charge in [0.2, 0.25) is 0 Å². The number of nitrogens with two attached hydrogens (primary N) is 1. The molecule has 0 radical (unpaired) electrons. The predicted molar refractivity (Wildman–Crippen MR) is 93.0 cm³/mol. The largest absolute Gasteiger partial charge is 0.398 e. The first kappa shape index (κ1) is 16.3. The number of halogens is 2. The van der Waals surface area contributed by atoms with Gasteiger partial charge in [-0.25, -0.2) is 8.42 Å². The number of hydrogen-bond donors (Lipinski definition) is 2. The van der Waals surface area contributed by atoms with Gasteiger partial charge in [-0.2, -0.15) is 0 Å². The highest BCUT2D eigenvalue weighted by atomic mass is 79.9. The molecule has 2 aromatic carbocycles. The van der Waals surface area contributed by atoms with Gasteiger partial charge in [0, 0.05) is 14.6 Å². The summed E-state index contributed by atoms with van der Waals surface area (Å²) in [6, 6.07) is 8.21. The molecule has 0 unspecified atom stereocenters. The Morgan fingerprint density at radius 2 is 1.62 bits per heavy atom. The third kappa shape index (κ3) is 3.59. The fourth-order valence-electron chi connectivity index (χ4n) is 1.98. The molecule has 0 atom stereocenters. The lowest BCUT2D eigenvalue weighted by Crippen LogP contribution is -2.15. The van der Waals surface area contributed by atoms with Gasteiger partial charge < -0.3 is 5.73 Å². The lowest BCUT2D eigenvalue weighted by atomic mass is 10.1. The zero-order chi connectivity index (χ0) is 15.8. The molecule has 0 bridgehead atoms. The quantitative estimate of drug-likeness (QED) is 0.712. The minimum absolute atomic E-state index is 0.0592. The molecule has 0 spiro atoms. The van der Waals surface area contributed by atoms with Crippen LogP contribution in [0.25, 0.3) is 0 Å². The van der Waals surface area contributed by atoms with Crippen molar-refractivity contribution in [2.24, 2.45) is 0 Å². The standard InChI is InChI=1S/C14H14Br2N2O2S/c1-8-5-11(6-9(2)14(8)16)18-21(19,20)13-4-3-10(15)7-12(13)17/h3-7,18H,17H2,1-2H3. The molecule has 112 valence electrons. The molecular weight excluding hydrogens is 420 g/mol. The number of anilines is 2. The van der Waals surface area contributed by atoms with Crippen LogP contribution in [-0.2, 0) is 10.0 Å². The van der Waals surface area contributed by atoms with Crippen molar-refractivity contribution in [2.75, 3.05) is 10.5 Å². The first-order valence-electron chi connectivity index (χ1n) is 6.05. The Bertz CT molecular complexity index is 782. The minimum atomic E-state index is -3.72. The summed E-state index contributed by atoms with van der Waals surface area (Å²) in [5.41, 5.74) is 8.40. The fourth-order valence-corrected chi connectivity index (χ4v) is 3.74. The molecule has 7 heteroatoms. The molecule has 2 rings (SSSR count). The van der Waals surface area contributed by atoms with Crippen LogP contribution in [0.5, 0.6) is 0 Å². The first-order valence-corrected chi connectivity index (χ1v) is 9.12. The Morgan fingerprint density at radius 1 is 1.05 bits per heavy atom. The molecule has 21 heavy (non-hydrogen) atoms. The average Bonchev–Trinajstić information content (AvgIpc) is 2.34. The van der Waals surface area contributed by atoms with Crippen molar-refractivity contribution >= 4 is 53.3 Å². The van der Waals surface area contributed by atoms with Crippen molar-refractivity contribution in [1.82, 2.24) is 0 Å². The lowest BCUT2D eigenvalue weighted by molar-refractivity contribution is 0.601. The molecule has 0 aliphatic rings. The third-order valence-electron chi connectivity index (χ3n) is 2.95. The summed E-state index contributed by atoms with van der Waals surface area (Å²) < 4.78 is 29.1. The third-order valence-corrected chi connectivity index (χ3v) is 6.15. The molecule has 0 saturated carbocycles. The van der Waals surface area contributed by atoms with Gasteiger partial charge in [0.15, 0.2) is 0 Å². The van der Waals surface area contributed by atoms with Gasteiger partial charge >= 0.3 is 0 Å². The Labute approximate surface area is 141 Å². The highest BCUT2D eigenvalue weighted by Crippen LogP contribution is 2.28. The minimum Gasteiger partial charge on any atom is -0.398 e. The van der Waals surface area contributed by atoms with E-state index in [2.05, 4.69) is 36.6 Å². The Morgan fingerprint density at radius 3 is 2.14 bits per heavy atom. The number of aryl methyl sites for hydroxylation is 2. The Hall–Kier alpha value is -1.05. The monoisotopic (exact) mass is 432 g/mol. The van der Waals surface area contributed by atoms with Gasteiger partial charge in [-0.05, 0) is 55.3 Å². The van der Waals surface area contributed by atoms with Crippen molar-refractivity contribution in [3.05, 3.63) is 50.4 Å². The summed E-state index contributed by atoms with van der Waals surface area (Å²) in [7, 11) is -3.72. The normalized spacial score (nSPS) is 11.4. The Kier molecular flexibility index (Phi) is 4.65. The van der Waals surface area contributed by atoms with Crippen LogP contribution in [-0.4, -0.2) is 8.42 Å². The number of nitrogens with one attached hydrogen (secondary N) is 1. The number of nitrogen functional groups attached to an aromatic ring is 1. The summed E-state index contributed by atoms with van der Waals surface area (Å²) in [5.74, 6) is 0. The van der Waals surface area contributed by atoms with E-state index in [4.69, 9.17) is 5.73 Å². The number of hydrogen-bond acceptors (Lipinski definition) is 3. The average molecular weight is 434 g/mol. The molecule has 0 aromatic heterocycles. The van der Waals surface area contributed by atoms with E-state index < -0.39 is 10.0 Å². The van der Waals surface area contributed by atoms with E-state index >= 15 is 0 Å². The maximum atomic E-state index is 12.4. The molecule has 0 heterocycles. The van der Waals surface area contributed by atoms with Crippen LogP contribution in [0.3, 0.4) is 0 Å². The summed E-state index contributed by atoms with van der Waals surface area (Å²) in [6.45, 7) is 3.81. The van der Waals surface area contributed by atoms with E-state index in [-0.39, 0.29) is 10.6 Å². The lowest BCUT2D eigenvalue weighted by Gasteiger charge is -2.12.